The molecule has 0 unspecified atom stereocenters. The molecule has 0 spiro atoms. The Morgan fingerprint density at radius 1 is 1.26 bits per heavy atom. The maximum atomic E-state index is 12.3. The van der Waals surface area contributed by atoms with E-state index in [0.29, 0.717) is 31.5 Å². The topological polar surface area (TPSA) is 104 Å². The Hall–Kier alpha value is -1.93. The van der Waals surface area contributed by atoms with Crippen molar-refractivity contribution in [2.24, 2.45) is 0 Å². The number of carboxylic acids is 1. The predicted octanol–water partition coefficient (Wildman–Crippen LogP) is 1.13. The predicted molar refractivity (Wildman–Crippen MR) is 84.8 cm³/mol. The first-order valence-electron chi connectivity index (χ1n) is 7.44. The summed E-state index contributed by atoms with van der Waals surface area (Å²) in [4.78, 5) is 24.5. The first kappa shape index (κ1) is 17.4. The molecule has 1 aliphatic heterocycles. The van der Waals surface area contributed by atoms with Crippen molar-refractivity contribution in [2.45, 2.75) is 37.0 Å². The quantitative estimate of drug-likeness (QED) is 0.724. The Kier molecular flexibility index (Phi) is 5.38. The number of fused-ring (bicyclic) bond motifs is 1. The monoisotopic (exact) mass is 340 g/mol. The number of unbranched alkanes of at least 4 members (excludes halogenated alkanes) is 1. The van der Waals surface area contributed by atoms with E-state index in [2.05, 4.69) is 4.72 Å². The fraction of sp³-hybridized carbons (Fsp3) is 0.467. The minimum atomic E-state index is -3.55. The first-order valence-corrected chi connectivity index (χ1v) is 8.92. The van der Waals surface area contributed by atoms with Crippen LogP contribution in [-0.4, -0.2) is 39.0 Å². The molecular weight excluding hydrogens is 320 g/mol. The zero-order valence-electron chi connectivity index (χ0n) is 12.9. The lowest BCUT2D eigenvalue weighted by atomic mass is 10.1. The van der Waals surface area contributed by atoms with Gasteiger partial charge in [0.25, 0.3) is 0 Å². The smallest absolute Gasteiger partial charge is 0.303 e. The summed E-state index contributed by atoms with van der Waals surface area (Å²) in [7, 11) is -2.21. The lowest BCUT2D eigenvalue weighted by molar-refractivity contribution is -0.137. The molecule has 1 aliphatic rings. The van der Waals surface area contributed by atoms with Crippen LogP contribution in [0.1, 0.15) is 31.2 Å². The summed E-state index contributed by atoms with van der Waals surface area (Å²) >= 11 is 0. The van der Waals surface area contributed by atoms with Crippen molar-refractivity contribution in [3.63, 3.8) is 0 Å². The number of rotatable bonds is 7. The van der Waals surface area contributed by atoms with Crippen LogP contribution in [0.5, 0.6) is 0 Å². The largest absolute Gasteiger partial charge is 0.481 e. The van der Waals surface area contributed by atoms with Gasteiger partial charge in [0.2, 0.25) is 15.9 Å². The van der Waals surface area contributed by atoms with Crippen LogP contribution < -0.4 is 9.62 Å². The van der Waals surface area contributed by atoms with Crippen LogP contribution in [0.25, 0.3) is 0 Å². The molecule has 0 bridgehead atoms. The van der Waals surface area contributed by atoms with E-state index < -0.39 is 16.0 Å². The Labute approximate surface area is 135 Å². The number of carbonyl (C=O) groups excluding carboxylic acids is 1. The van der Waals surface area contributed by atoms with Crippen LogP contribution in [0, 0.1) is 0 Å². The number of carbonyl (C=O) groups is 2. The number of sulfonamides is 1. The molecule has 1 amide bonds. The average molecular weight is 340 g/mol. The second-order valence-corrected chi connectivity index (χ2v) is 7.28. The summed E-state index contributed by atoms with van der Waals surface area (Å²) in [6.07, 6.45) is 1.96. The van der Waals surface area contributed by atoms with Crippen LogP contribution >= 0.6 is 0 Å². The Morgan fingerprint density at radius 2 is 1.96 bits per heavy atom. The van der Waals surface area contributed by atoms with Gasteiger partial charge in [0, 0.05) is 25.1 Å². The lowest BCUT2D eigenvalue weighted by Gasteiger charge is -2.18. The average Bonchev–Trinajstić information content (AvgIpc) is 2.94. The van der Waals surface area contributed by atoms with Gasteiger partial charge in [-0.05, 0) is 44.0 Å². The molecule has 2 N–H and O–H groups in total. The highest BCUT2D eigenvalue weighted by atomic mass is 32.2. The van der Waals surface area contributed by atoms with Crippen molar-refractivity contribution < 1.29 is 23.1 Å². The summed E-state index contributed by atoms with van der Waals surface area (Å²) in [5.74, 6) is -0.973. The number of nitrogens with zero attached hydrogens (tertiary/aromatic N) is 1. The number of benzene rings is 1. The molecule has 23 heavy (non-hydrogen) atoms. The van der Waals surface area contributed by atoms with E-state index in [-0.39, 0.29) is 23.6 Å². The van der Waals surface area contributed by atoms with Gasteiger partial charge in [0.15, 0.2) is 0 Å². The summed E-state index contributed by atoms with van der Waals surface area (Å²) in [5, 5.41) is 8.59. The van der Waals surface area contributed by atoms with E-state index in [1.165, 1.54) is 19.2 Å². The van der Waals surface area contributed by atoms with E-state index in [1.54, 1.807) is 11.0 Å². The normalized spacial score (nSPS) is 13.9. The Balaban J connectivity index is 2.09. The molecule has 126 valence electrons. The molecule has 1 aromatic carbocycles. The van der Waals surface area contributed by atoms with Gasteiger partial charge in [-0.3, -0.25) is 9.59 Å². The van der Waals surface area contributed by atoms with Gasteiger partial charge in [-0.25, -0.2) is 13.1 Å². The van der Waals surface area contributed by atoms with Gasteiger partial charge in [-0.1, -0.05) is 6.07 Å². The fourth-order valence-corrected chi connectivity index (χ4v) is 3.34. The number of hydrogen-bond acceptors (Lipinski definition) is 4. The van der Waals surface area contributed by atoms with Gasteiger partial charge >= 0.3 is 5.97 Å². The first-order chi connectivity index (χ1) is 10.8. The molecular formula is C15H20N2O5S. The molecule has 0 aliphatic carbocycles. The van der Waals surface area contributed by atoms with E-state index in [1.807, 2.05) is 0 Å². The minimum absolute atomic E-state index is 0.0500. The Bertz CT molecular complexity index is 715. The molecule has 0 aromatic heterocycles. The summed E-state index contributed by atoms with van der Waals surface area (Å²) in [6.45, 7) is 0.524. The zero-order valence-corrected chi connectivity index (χ0v) is 13.7. The molecule has 2 rings (SSSR count). The summed E-state index contributed by atoms with van der Waals surface area (Å²) in [5.41, 5.74) is 1.57. The molecule has 0 saturated heterocycles. The fourth-order valence-electron chi connectivity index (χ4n) is 2.59. The van der Waals surface area contributed by atoms with Gasteiger partial charge < -0.3 is 10.0 Å². The number of nitrogens with one attached hydrogen (secondary N) is 1. The Morgan fingerprint density at radius 3 is 2.61 bits per heavy atom. The highest BCUT2D eigenvalue weighted by Gasteiger charge is 2.26. The third-order valence-electron chi connectivity index (χ3n) is 3.86. The van der Waals surface area contributed by atoms with E-state index in [0.717, 1.165) is 5.56 Å². The van der Waals surface area contributed by atoms with E-state index in [4.69, 9.17) is 5.11 Å². The van der Waals surface area contributed by atoms with Crippen molar-refractivity contribution in [3.8, 4) is 0 Å². The number of amides is 1. The molecule has 8 heteroatoms. The van der Waals surface area contributed by atoms with Crippen LogP contribution in [0.15, 0.2) is 23.1 Å². The summed E-state index contributed by atoms with van der Waals surface area (Å²) < 4.78 is 26.0. The highest BCUT2D eigenvalue weighted by molar-refractivity contribution is 7.89. The van der Waals surface area contributed by atoms with Gasteiger partial charge in [-0.2, -0.15) is 0 Å². The molecule has 7 nitrogen and oxygen atoms in total. The van der Waals surface area contributed by atoms with Crippen LogP contribution in [0.2, 0.25) is 0 Å². The van der Waals surface area contributed by atoms with Crippen molar-refractivity contribution >= 4 is 27.6 Å². The molecule has 0 fully saturated rings. The molecule has 0 radical (unpaired) electrons. The standard InChI is InChI=1S/C15H20N2O5S/c1-16-23(21,22)12-7-6-11-8-9-17(13(11)10-12)14(18)4-2-3-5-15(19)20/h6-7,10,16H,2-5,8-9H2,1H3,(H,19,20). The summed E-state index contributed by atoms with van der Waals surface area (Å²) in [6, 6.07) is 4.78. The van der Waals surface area contributed by atoms with Gasteiger partial charge in [0.05, 0.1) is 4.90 Å². The van der Waals surface area contributed by atoms with Crippen LogP contribution in [0.3, 0.4) is 0 Å². The second kappa shape index (κ2) is 7.10. The third-order valence-corrected chi connectivity index (χ3v) is 5.28. The van der Waals surface area contributed by atoms with Crippen LogP contribution in [0.4, 0.5) is 5.69 Å². The minimum Gasteiger partial charge on any atom is -0.481 e. The maximum Gasteiger partial charge on any atom is 0.303 e. The van der Waals surface area contributed by atoms with Gasteiger partial charge in [-0.15, -0.1) is 0 Å². The second-order valence-electron chi connectivity index (χ2n) is 5.39. The molecule has 0 atom stereocenters. The van der Waals surface area contributed by atoms with Crippen LogP contribution in [-0.2, 0) is 26.0 Å². The number of hydrogen-bond donors (Lipinski definition) is 2. The van der Waals surface area contributed by atoms with Crippen molar-refractivity contribution in [1.29, 1.82) is 0 Å². The maximum absolute atomic E-state index is 12.3. The van der Waals surface area contributed by atoms with Crippen molar-refractivity contribution in [3.05, 3.63) is 23.8 Å². The molecule has 1 aromatic rings. The molecule has 1 heterocycles. The van der Waals surface area contributed by atoms with Crippen molar-refractivity contribution in [2.75, 3.05) is 18.5 Å². The molecule has 0 saturated carbocycles. The highest BCUT2D eigenvalue weighted by Crippen LogP contribution is 2.31. The third kappa shape index (κ3) is 4.08. The lowest BCUT2D eigenvalue weighted by Crippen LogP contribution is -2.29. The zero-order chi connectivity index (χ0) is 17.0. The van der Waals surface area contributed by atoms with Gasteiger partial charge in [0.1, 0.15) is 0 Å². The number of anilines is 1. The number of carboxylic acid groups (broad SMARTS) is 1. The van der Waals surface area contributed by atoms with E-state index >= 15 is 0 Å². The SMILES string of the molecule is CNS(=O)(=O)c1ccc2c(c1)N(C(=O)CCCCC(=O)O)CC2. The number of aliphatic carboxylic acids is 1. The van der Waals surface area contributed by atoms with Crippen molar-refractivity contribution in [1.82, 2.24) is 4.72 Å². The van der Waals surface area contributed by atoms with E-state index in [9.17, 15) is 18.0 Å².